The number of methoxy groups -OCH3 is 2. The number of nitrogens with one attached hydrogen (secondary N) is 1. The maximum absolute atomic E-state index is 12.3. The second kappa shape index (κ2) is 10.5. The SMILES string of the molecule is COc1cccc(/C=N/NC(=O)c2ccc(OCc3cccc(Br)c3)cc2)c1OC. The molecule has 30 heavy (non-hydrogen) atoms. The zero-order valence-corrected chi connectivity index (χ0v) is 18.2. The average Bonchev–Trinajstić information content (AvgIpc) is 2.77. The highest BCUT2D eigenvalue weighted by Crippen LogP contribution is 2.29. The molecule has 6 nitrogen and oxygen atoms in total. The molecule has 0 aromatic heterocycles. The topological polar surface area (TPSA) is 69.2 Å². The van der Waals surface area contributed by atoms with E-state index in [4.69, 9.17) is 14.2 Å². The number of hydrogen-bond donors (Lipinski definition) is 1. The Morgan fingerprint density at radius 1 is 1.03 bits per heavy atom. The van der Waals surface area contributed by atoms with Gasteiger partial charge in [-0.15, -0.1) is 0 Å². The lowest BCUT2D eigenvalue weighted by Crippen LogP contribution is -2.17. The maximum Gasteiger partial charge on any atom is 0.271 e. The molecule has 154 valence electrons. The zero-order chi connectivity index (χ0) is 21.3. The highest BCUT2D eigenvalue weighted by atomic mass is 79.9. The van der Waals surface area contributed by atoms with Crippen molar-refractivity contribution in [1.29, 1.82) is 0 Å². The predicted molar refractivity (Wildman–Crippen MR) is 120 cm³/mol. The lowest BCUT2D eigenvalue weighted by Gasteiger charge is -2.09. The number of carbonyl (C=O) groups excluding carboxylic acids is 1. The summed E-state index contributed by atoms with van der Waals surface area (Å²) in [7, 11) is 3.11. The summed E-state index contributed by atoms with van der Waals surface area (Å²) in [5, 5.41) is 4.01. The summed E-state index contributed by atoms with van der Waals surface area (Å²) in [5.74, 6) is 1.49. The molecule has 0 radical (unpaired) electrons. The summed E-state index contributed by atoms with van der Waals surface area (Å²) in [5.41, 5.74) is 4.72. The first-order valence-electron chi connectivity index (χ1n) is 9.12. The third-order valence-corrected chi connectivity index (χ3v) is 4.71. The molecule has 0 aliphatic rings. The highest BCUT2D eigenvalue weighted by molar-refractivity contribution is 9.10. The van der Waals surface area contributed by atoms with Crippen molar-refractivity contribution in [3.63, 3.8) is 0 Å². The molecule has 0 saturated carbocycles. The van der Waals surface area contributed by atoms with Crippen LogP contribution in [0.4, 0.5) is 0 Å². The van der Waals surface area contributed by atoms with Crippen molar-refractivity contribution >= 4 is 28.1 Å². The van der Waals surface area contributed by atoms with Gasteiger partial charge in [0.25, 0.3) is 5.91 Å². The first kappa shape index (κ1) is 21.4. The largest absolute Gasteiger partial charge is 0.493 e. The Hall–Kier alpha value is -3.32. The summed E-state index contributed by atoms with van der Waals surface area (Å²) < 4.78 is 17.4. The number of para-hydroxylation sites is 1. The van der Waals surface area contributed by atoms with Gasteiger partial charge in [-0.25, -0.2) is 5.43 Å². The summed E-state index contributed by atoms with van der Waals surface area (Å²) in [4.78, 5) is 12.3. The molecule has 0 saturated heterocycles. The smallest absolute Gasteiger partial charge is 0.271 e. The van der Waals surface area contributed by atoms with Gasteiger partial charge < -0.3 is 14.2 Å². The van der Waals surface area contributed by atoms with E-state index in [1.807, 2.05) is 36.4 Å². The van der Waals surface area contributed by atoms with Crippen LogP contribution in [0.25, 0.3) is 0 Å². The molecule has 0 aliphatic carbocycles. The van der Waals surface area contributed by atoms with Gasteiger partial charge in [0.15, 0.2) is 11.5 Å². The van der Waals surface area contributed by atoms with Gasteiger partial charge in [-0.1, -0.05) is 34.1 Å². The van der Waals surface area contributed by atoms with Gasteiger partial charge in [-0.3, -0.25) is 4.79 Å². The Labute approximate surface area is 183 Å². The van der Waals surface area contributed by atoms with E-state index < -0.39 is 0 Å². The molecule has 1 amide bonds. The minimum atomic E-state index is -0.327. The van der Waals surface area contributed by atoms with Gasteiger partial charge in [0.05, 0.1) is 20.4 Å². The number of hydrazone groups is 1. The van der Waals surface area contributed by atoms with Crippen LogP contribution in [0.3, 0.4) is 0 Å². The summed E-state index contributed by atoms with van der Waals surface area (Å²) >= 11 is 3.44. The molecule has 3 aromatic carbocycles. The van der Waals surface area contributed by atoms with Crippen molar-refractivity contribution in [3.05, 3.63) is 87.9 Å². The number of nitrogens with zero attached hydrogens (tertiary/aromatic N) is 1. The summed E-state index contributed by atoms with van der Waals surface area (Å²) in [6, 6.07) is 20.2. The fourth-order valence-corrected chi connectivity index (χ4v) is 3.18. The molecule has 0 unspecified atom stereocenters. The van der Waals surface area contributed by atoms with Gasteiger partial charge in [-0.2, -0.15) is 5.10 Å². The normalized spacial score (nSPS) is 10.6. The van der Waals surface area contributed by atoms with Crippen LogP contribution in [0.15, 0.2) is 76.3 Å². The quantitative estimate of drug-likeness (QED) is 0.380. The van der Waals surface area contributed by atoms with Crippen LogP contribution in [0.5, 0.6) is 17.2 Å². The van der Waals surface area contributed by atoms with E-state index in [2.05, 4.69) is 26.5 Å². The second-order valence-corrected chi connectivity index (χ2v) is 7.14. The van der Waals surface area contributed by atoms with Gasteiger partial charge in [0.1, 0.15) is 12.4 Å². The molecule has 0 spiro atoms. The van der Waals surface area contributed by atoms with E-state index in [0.29, 0.717) is 35.0 Å². The Bertz CT molecular complexity index is 1040. The fraction of sp³-hybridized carbons (Fsp3) is 0.130. The summed E-state index contributed by atoms with van der Waals surface area (Å²) in [6.45, 7) is 0.442. The maximum atomic E-state index is 12.3. The predicted octanol–water partition coefficient (Wildman–Crippen LogP) is 4.81. The van der Waals surface area contributed by atoms with Crippen LogP contribution in [0.1, 0.15) is 21.5 Å². The average molecular weight is 469 g/mol. The zero-order valence-electron chi connectivity index (χ0n) is 16.6. The third kappa shape index (κ3) is 5.61. The first-order chi connectivity index (χ1) is 14.6. The molecule has 3 rings (SSSR count). The first-order valence-corrected chi connectivity index (χ1v) is 9.91. The van der Waals surface area contributed by atoms with Crippen molar-refractivity contribution in [2.75, 3.05) is 14.2 Å². The van der Waals surface area contributed by atoms with E-state index in [0.717, 1.165) is 10.0 Å². The Kier molecular flexibility index (Phi) is 7.45. The molecule has 7 heteroatoms. The highest BCUT2D eigenvalue weighted by Gasteiger charge is 2.08. The number of ether oxygens (including phenoxy) is 3. The molecule has 0 bridgehead atoms. The van der Waals surface area contributed by atoms with E-state index in [-0.39, 0.29) is 5.91 Å². The van der Waals surface area contributed by atoms with Crippen molar-refractivity contribution < 1.29 is 19.0 Å². The molecular weight excluding hydrogens is 448 g/mol. The van der Waals surface area contributed by atoms with Crippen molar-refractivity contribution in [1.82, 2.24) is 5.43 Å². The minimum Gasteiger partial charge on any atom is -0.493 e. The lowest BCUT2D eigenvalue weighted by atomic mass is 10.2. The van der Waals surface area contributed by atoms with Crippen molar-refractivity contribution in [2.45, 2.75) is 6.61 Å². The monoisotopic (exact) mass is 468 g/mol. The molecule has 1 N–H and O–H groups in total. The summed E-state index contributed by atoms with van der Waals surface area (Å²) in [6.07, 6.45) is 1.51. The number of carbonyl (C=O) groups is 1. The molecule has 0 aliphatic heterocycles. The van der Waals surface area contributed by atoms with Gasteiger partial charge in [-0.05, 0) is 54.1 Å². The van der Waals surface area contributed by atoms with Gasteiger partial charge in [0.2, 0.25) is 0 Å². The van der Waals surface area contributed by atoms with Crippen molar-refractivity contribution in [3.8, 4) is 17.2 Å². The number of amides is 1. The van der Waals surface area contributed by atoms with Crippen LogP contribution in [0, 0.1) is 0 Å². The number of halogens is 1. The molecule has 0 fully saturated rings. The van der Waals surface area contributed by atoms with Crippen molar-refractivity contribution in [2.24, 2.45) is 5.10 Å². The van der Waals surface area contributed by atoms with Crippen LogP contribution in [0.2, 0.25) is 0 Å². The van der Waals surface area contributed by atoms with Crippen LogP contribution < -0.4 is 19.6 Å². The number of hydrogen-bond acceptors (Lipinski definition) is 5. The van der Waals surface area contributed by atoms with E-state index in [1.165, 1.54) is 6.21 Å². The van der Waals surface area contributed by atoms with Crippen LogP contribution >= 0.6 is 15.9 Å². The number of rotatable bonds is 8. The second-order valence-electron chi connectivity index (χ2n) is 6.22. The Morgan fingerprint density at radius 3 is 2.50 bits per heavy atom. The fourth-order valence-electron chi connectivity index (χ4n) is 2.73. The molecule has 0 heterocycles. The van der Waals surface area contributed by atoms with Crippen LogP contribution in [-0.2, 0) is 6.61 Å². The van der Waals surface area contributed by atoms with Crippen LogP contribution in [-0.4, -0.2) is 26.3 Å². The number of benzene rings is 3. The van der Waals surface area contributed by atoms with E-state index in [1.54, 1.807) is 44.6 Å². The Balaban J connectivity index is 1.58. The van der Waals surface area contributed by atoms with Gasteiger partial charge in [0, 0.05) is 15.6 Å². The molecule has 0 atom stereocenters. The van der Waals surface area contributed by atoms with Gasteiger partial charge >= 0.3 is 0 Å². The van der Waals surface area contributed by atoms with E-state index in [9.17, 15) is 4.79 Å². The standard InChI is InChI=1S/C23H21BrN2O4/c1-28-21-8-4-6-18(22(21)29-2)14-25-26-23(27)17-9-11-20(12-10-17)30-15-16-5-3-7-19(24)13-16/h3-14H,15H2,1-2H3,(H,26,27)/b25-14+. The Morgan fingerprint density at radius 2 is 1.80 bits per heavy atom. The minimum absolute atomic E-state index is 0.327. The molecule has 3 aromatic rings. The third-order valence-electron chi connectivity index (χ3n) is 4.21. The van der Waals surface area contributed by atoms with E-state index >= 15 is 0 Å². The molecular formula is C23H21BrN2O4. The lowest BCUT2D eigenvalue weighted by molar-refractivity contribution is 0.0955.